The highest BCUT2D eigenvalue weighted by Crippen LogP contribution is 2.22. The molecule has 3 N–H and O–H groups in total. The summed E-state index contributed by atoms with van der Waals surface area (Å²) in [4.78, 5) is 4.14. The van der Waals surface area contributed by atoms with Crippen LogP contribution in [0.4, 0.5) is 14.7 Å². The van der Waals surface area contributed by atoms with Crippen LogP contribution in [0.1, 0.15) is 0 Å². The first-order valence-corrected chi connectivity index (χ1v) is 4.89. The second kappa shape index (κ2) is 4.05. The summed E-state index contributed by atoms with van der Waals surface area (Å²) >= 11 is 0. The Morgan fingerprint density at radius 3 is 2.88 bits per heavy atom. The Hall–Kier alpha value is -1.69. The highest BCUT2D eigenvalue weighted by atomic mass is 19.2. The van der Waals surface area contributed by atoms with Gasteiger partial charge in [-0.3, -0.25) is 0 Å². The van der Waals surface area contributed by atoms with E-state index in [0.29, 0.717) is 24.6 Å². The second-order valence-electron chi connectivity index (χ2n) is 3.44. The number of aryl methyl sites for hydroxylation is 1. The van der Waals surface area contributed by atoms with Crippen molar-refractivity contribution >= 4 is 17.0 Å². The van der Waals surface area contributed by atoms with Crippen LogP contribution in [0.3, 0.4) is 0 Å². The van der Waals surface area contributed by atoms with Crippen LogP contribution in [-0.4, -0.2) is 22.6 Å². The third-order valence-electron chi connectivity index (χ3n) is 2.35. The van der Waals surface area contributed by atoms with Crippen molar-refractivity contribution in [3.05, 3.63) is 23.8 Å². The van der Waals surface area contributed by atoms with E-state index in [0.717, 1.165) is 6.07 Å². The zero-order valence-corrected chi connectivity index (χ0v) is 8.80. The van der Waals surface area contributed by atoms with Crippen LogP contribution >= 0.6 is 0 Å². The molecule has 0 saturated heterocycles. The van der Waals surface area contributed by atoms with Gasteiger partial charge in [-0.15, -0.1) is 0 Å². The minimum atomic E-state index is -0.881. The molecular formula is C10H12F2N4. The summed E-state index contributed by atoms with van der Waals surface area (Å²) in [5.74, 6) is -1.28. The summed E-state index contributed by atoms with van der Waals surface area (Å²) in [5.41, 5.74) is 5.91. The van der Waals surface area contributed by atoms with Crippen molar-refractivity contribution in [2.45, 2.75) is 0 Å². The van der Waals surface area contributed by atoms with Gasteiger partial charge in [-0.25, -0.2) is 13.8 Å². The number of aromatic nitrogens is 2. The van der Waals surface area contributed by atoms with Crippen molar-refractivity contribution in [2.24, 2.45) is 12.8 Å². The number of fused-ring (bicyclic) bond motifs is 1. The van der Waals surface area contributed by atoms with E-state index in [9.17, 15) is 8.78 Å². The van der Waals surface area contributed by atoms with Crippen molar-refractivity contribution < 1.29 is 8.78 Å². The van der Waals surface area contributed by atoms with Gasteiger partial charge in [0.2, 0.25) is 5.95 Å². The molecule has 1 heterocycles. The van der Waals surface area contributed by atoms with Gasteiger partial charge in [0.1, 0.15) is 5.52 Å². The molecule has 0 atom stereocenters. The molecule has 1 aromatic heterocycles. The number of nitrogens with one attached hydrogen (secondary N) is 1. The molecule has 86 valence electrons. The molecule has 0 aliphatic rings. The first kappa shape index (κ1) is 10.8. The van der Waals surface area contributed by atoms with Crippen LogP contribution in [0, 0.1) is 11.6 Å². The van der Waals surface area contributed by atoms with Crippen LogP contribution in [0.5, 0.6) is 0 Å². The molecule has 1 aromatic carbocycles. The Balaban J connectivity index is 2.55. The van der Waals surface area contributed by atoms with E-state index >= 15 is 0 Å². The van der Waals surface area contributed by atoms with E-state index in [1.165, 1.54) is 10.6 Å². The fourth-order valence-electron chi connectivity index (χ4n) is 1.58. The Morgan fingerprint density at radius 1 is 1.44 bits per heavy atom. The standard InChI is InChI=1S/C10H12F2N4/c1-16-9-7(3-2-6(11)8(9)12)15-10(16)14-5-4-13/h2-3H,4-5,13H2,1H3,(H,14,15). The third kappa shape index (κ3) is 1.61. The van der Waals surface area contributed by atoms with Gasteiger partial charge in [0, 0.05) is 20.1 Å². The van der Waals surface area contributed by atoms with Gasteiger partial charge in [-0.1, -0.05) is 0 Å². The SMILES string of the molecule is Cn1c(NCCN)nc2ccc(F)c(F)c21. The average Bonchev–Trinajstić information content (AvgIpc) is 2.59. The lowest BCUT2D eigenvalue weighted by atomic mass is 10.3. The van der Waals surface area contributed by atoms with Crippen LogP contribution in [-0.2, 0) is 7.05 Å². The van der Waals surface area contributed by atoms with E-state index in [4.69, 9.17) is 5.73 Å². The van der Waals surface area contributed by atoms with Gasteiger partial charge < -0.3 is 15.6 Å². The molecule has 0 bridgehead atoms. The Bertz CT molecular complexity index is 521. The van der Waals surface area contributed by atoms with Crippen LogP contribution in [0.2, 0.25) is 0 Å². The highest BCUT2D eigenvalue weighted by Gasteiger charge is 2.14. The van der Waals surface area contributed by atoms with E-state index in [-0.39, 0.29) is 5.52 Å². The van der Waals surface area contributed by atoms with Crippen molar-refractivity contribution in [3.8, 4) is 0 Å². The second-order valence-corrected chi connectivity index (χ2v) is 3.44. The molecule has 0 saturated carbocycles. The Morgan fingerprint density at radius 2 is 2.19 bits per heavy atom. The first-order valence-electron chi connectivity index (χ1n) is 4.89. The number of nitrogens with zero attached hydrogens (tertiary/aromatic N) is 2. The van der Waals surface area contributed by atoms with Crippen LogP contribution in [0.15, 0.2) is 12.1 Å². The molecule has 16 heavy (non-hydrogen) atoms. The smallest absolute Gasteiger partial charge is 0.203 e. The summed E-state index contributed by atoms with van der Waals surface area (Å²) in [7, 11) is 1.62. The lowest BCUT2D eigenvalue weighted by molar-refractivity contribution is 0.513. The van der Waals surface area contributed by atoms with Gasteiger partial charge in [0.25, 0.3) is 0 Å². The number of hydrogen-bond acceptors (Lipinski definition) is 3. The summed E-state index contributed by atoms with van der Waals surface area (Å²) in [6, 6.07) is 2.51. The molecule has 0 aliphatic carbocycles. The fourth-order valence-corrected chi connectivity index (χ4v) is 1.58. The number of imidazole rings is 1. The number of anilines is 1. The van der Waals surface area contributed by atoms with Crippen LogP contribution in [0.25, 0.3) is 11.0 Å². The van der Waals surface area contributed by atoms with Crippen molar-refractivity contribution in [1.82, 2.24) is 9.55 Å². The monoisotopic (exact) mass is 226 g/mol. The minimum Gasteiger partial charge on any atom is -0.354 e. The predicted molar refractivity (Wildman–Crippen MR) is 58.2 cm³/mol. The van der Waals surface area contributed by atoms with Crippen molar-refractivity contribution in [1.29, 1.82) is 0 Å². The summed E-state index contributed by atoms with van der Waals surface area (Å²) < 4.78 is 28.0. The van der Waals surface area contributed by atoms with Gasteiger partial charge in [0.15, 0.2) is 11.6 Å². The molecule has 4 nitrogen and oxygen atoms in total. The van der Waals surface area contributed by atoms with Crippen LogP contribution < -0.4 is 11.1 Å². The molecule has 0 aliphatic heterocycles. The molecule has 2 rings (SSSR count). The topological polar surface area (TPSA) is 55.9 Å². The summed E-state index contributed by atoms with van der Waals surface area (Å²) in [5, 5.41) is 2.94. The molecule has 0 amide bonds. The minimum absolute atomic E-state index is 0.152. The quantitative estimate of drug-likeness (QED) is 0.827. The number of halogens is 2. The highest BCUT2D eigenvalue weighted by molar-refractivity contribution is 5.79. The van der Waals surface area contributed by atoms with Gasteiger partial charge in [-0.05, 0) is 12.1 Å². The van der Waals surface area contributed by atoms with Crippen molar-refractivity contribution in [2.75, 3.05) is 18.4 Å². The van der Waals surface area contributed by atoms with Gasteiger partial charge >= 0.3 is 0 Å². The molecular weight excluding hydrogens is 214 g/mol. The van der Waals surface area contributed by atoms with E-state index in [2.05, 4.69) is 10.3 Å². The molecule has 0 fully saturated rings. The normalized spacial score (nSPS) is 11.0. The van der Waals surface area contributed by atoms with E-state index in [1.54, 1.807) is 7.05 Å². The summed E-state index contributed by atoms with van der Waals surface area (Å²) in [6.07, 6.45) is 0. The molecule has 0 radical (unpaired) electrons. The number of benzene rings is 1. The van der Waals surface area contributed by atoms with Gasteiger partial charge in [0.05, 0.1) is 5.52 Å². The average molecular weight is 226 g/mol. The lowest BCUT2D eigenvalue weighted by Gasteiger charge is -2.04. The predicted octanol–water partition coefficient (Wildman–Crippen LogP) is 1.22. The first-order chi connectivity index (χ1) is 7.65. The Labute approximate surface area is 91.1 Å². The molecule has 0 unspecified atom stereocenters. The number of rotatable bonds is 3. The number of nitrogens with two attached hydrogens (primary N) is 1. The molecule has 0 spiro atoms. The molecule has 6 heteroatoms. The molecule has 2 aromatic rings. The maximum Gasteiger partial charge on any atom is 0.203 e. The third-order valence-corrected chi connectivity index (χ3v) is 2.35. The van der Waals surface area contributed by atoms with Crippen molar-refractivity contribution in [3.63, 3.8) is 0 Å². The zero-order valence-electron chi connectivity index (χ0n) is 8.80. The lowest BCUT2D eigenvalue weighted by Crippen LogP contribution is -2.15. The van der Waals surface area contributed by atoms with E-state index < -0.39 is 11.6 Å². The Kier molecular flexibility index (Phi) is 2.74. The van der Waals surface area contributed by atoms with E-state index in [1.807, 2.05) is 0 Å². The maximum atomic E-state index is 13.5. The van der Waals surface area contributed by atoms with Gasteiger partial charge in [-0.2, -0.15) is 0 Å². The maximum absolute atomic E-state index is 13.5. The number of hydrogen-bond donors (Lipinski definition) is 2. The largest absolute Gasteiger partial charge is 0.354 e. The summed E-state index contributed by atoms with van der Waals surface area (Å²) in [6.45, 7) is 0.974. The zero-order chi connectivity index (χ0) is 11.7. The fraction of sp³-hybridized carbons (Fsp3) is 0.300.